The van der Waals surface area contributed by atoms with E-state index in [0.717, 1.165) is 5.25 Å². The van der Waals surface area contributed by atoms with E-state index in [1.54, 1.807) is 0 Å². The fourth-order valence-electron chi connectivity index (χ4n) is 3.79. The number of rotatable bonds is 5. The van der Waals surface area contributed by atoms with Crippen LogP contribution in [0.1, 0.15) is 61.4 Å². The Bertz CT molecular complexity index is 432. The molecule has 0 aliphatic heterocycles. The molecule has 20 heavy (non-hydrogen) atoms. The molecule has 0 bridgehead atoms. The third-order valence-electron chi connectivity index (χ3n) is 4.44. The fourth-order valence-corrected chi connectivity index (χ4v) is 4.93. The Balaban J connectivity index is 2.01. The van der Waals surface area contributed by atoms with Gasteiger partial charge in [-0.15, -0.1) is 0 Å². The topological polar surface area (TPSA) is 12.0 Å². The maximum absolute atomic E-state index is 3.87. The van der Waals surface area contributed by atoms with E-state index in [0.29, 0.717) is 12.1 Å². The van der Waals surface area contributed by atoms with Crippen molar-refractivity contribution >= 4 is 11.8 Å². The number of thioether (sulfide) groups is 1. The number of aryl methyl sites for hydroxylation is 3. The van der Waals surface area contributed by atoms with Crippen LogP contribution in [0.2, 0.25) is 0 Å². The highest BCUT2D eigenvalue weighted by Crippen LogP contribution is 2.32. The summed E-state index contributed by atoms with van der Waals surface area (Å²) in [5.74, 6) is 1.25. The van der Waals surface area contributed by atoms with Gasteiger partial charge < -0.3 is 5.32 Å². The molecule has 1 nitrogen and oxygen atoms in total. The summed E-state index contributed by atoms with van der Waals surface area (Å²) in [4.78, 5) is 0. The normalized spacial score (nSPS) is 24.1. The van der Waals surface area contributed by atoms with Crippen LogP contribution < -0.4 is 5.32 Å². The predicted molar refractivity (Wildman–Crippen MR) is 91.8 cm³/mol. The molecular formula is C18H29NS. The summed E-state index contributed by atoms with van der Waals surface area (Å²) < 4.78 is 0. The standard InChI is InChI=1S/C18H29NS/c1-6-20-17-8-7-16(11-17)19-15(5)18-13(3)9-12(2)10-14(18)4/h9-10,15-17,19H,6-8,11H2,1-5H3. The number of hydrogen-bond acceptors (Lipinski definition) is 2. The average Bonchev–Trinajstić information content (AvgIpc) is 2.75. The van der Waals surface area contributed by atoms with Crippen molar-refractivity contribution in [2.75, 3.05) is 5.75 Å². The predicted octanol–water partition coefficient (Wildman–Crippen LogP) is 4.94. The monoisotopic (exact) mass is 291 g/mol. The quantitative estimate of drug-likeness (QED) is 0.825. The average molecular weight is 292 g/mol. The highest BCUT2D eigenvalue weighted by molar-refractivity contribution is 7.99. The molecule has 0 heterocycles. The van der Waals surface area contributed by atoms with E-state index < -0.39 is 0 Å². The van der Waals surface area contributed by atoms with Crippen molar-refractivity contribution in [3.05, 3.63) is 34.4 Å². The first-order chi connectivity index (χ1) is 9.51. The zero-order valence-electron chi connectivity index (χ0n) is 13.6. The zero-order valence-corrected chi connectivity index (χ0v) is 14.4. The Morgan fingerprint density at radius 3 is 2.45 bits per heavy atom. The molecule has 1 N–H and O–H groups in total. The van der Waals surface area contributed by atoms with E-state index in [1.165, 1.54) is 47.3 Å². The molecule has 1 aromatic rings. The molecule has 0 saturated heterocycles. The first-order valence-corrected chi connectivity index (χ1v) is 9.01. The Morgan fingerprint density at radius 1 is 1.20 bits per heavy atom. The molecule has 1 fully saturated rings. The molecular weight excluding hydrogens is 262 g/mol. The minimum atomic E-state index is 0.464. The second kappa shape index (κ2) is 7.00. The smallest absolute Gasteiger partial charge is 0.0299 e. The van der Waals surface area contributed by atoms with Gasteiger partial charge in [-0.1, -0.05) is 24.6 Å². The Kier molecular flexibility index (Phi) is 5.57. The zero-order chi connectivity index (χ0) is 14.7. The minimum Gasteiger partial charge on any atom is -0.307 e. The largest absolute Gasteiger partial charge is 0.307 e. The Morgan fingerprint density at radius 2 is 1.85 bits per heavy atom. The third kappa shape index (κ3) is 3.79. The van der Waals surface area contributed by atoms with Crippen LogP contribution in [-0.2, 0) is 0 Å². The second-order valence-corrected chi connectivity index (χ2v) is 7.87. The van der Waals surface area contributed by atoms with Gasteiger partial charge in [-0.3, -0.25) is 0 Å². The third-order valence-corrected chi connectivity index (χ3v) is 5.68. The van der Waals surface area contributed by atoms with E-state index in [9.17, 15) is 0 Å². The van der Waals surface area contributed by atoms with Crippen molar-refractivity contribution in [1.29, 1.82) is 0 Å². The lowest BCUT2D eigenvalue weighted by molar-refractivity contribution is 0.459. The van der Waals surface area contributed by atoms with Crippen molar-refractivity contribution in [2.45, 2.75) is 71.2 Å². The summed E-state index contributed by atoms with van der Waals surface area (Å²) in [6.07, 6.45) is 4.06. The number of hydrogen-bond donors (Lipinski definition) is 1. The molecule has 0 radical (unpaired) electrons. The number of nitrogens with one attached hydrogen (secondary N) is 1. The van der Waals surface area contributed by atoms with E-state index >= 15 is 0 Å². The van der Waals surface area contributed by atoms with E-state index in [-0.39, 0.29) is 0 Å². The van der Waals surface area contributed by atoms with E-state index in [4.69, 9.17) is 0 Å². The van der Waals surface area contributed by atoms with Gasteiger partial charge in [0.2, 0.25) is 0 Å². The molecule has 1 saturated carbocycles. The van der Waals surface area contributed by atoms with Crippen LogP contribution in [-0.4, -0.2) is 17.0 Å². The summed E-state index contributed by atoms with van der Waals surface area (Å²) in [5, 5.41) is 4.75. The van der Waals surface area contributed by atoms with E-state index in [1.807, 2.05) is 0 Å². The summed E-state index contributed by atoms with van der Waals surface area (Å²) in [6, 6.07) is 5.79. The van der Waals surface area contributed by atoms with Gasteiger partial charge in [0.1, 0.15) is 0 Å². The Hall–Kier alpha value is -0.470. The Labute approximate surface area is 128 Å². The summed E-state index contributed by atoms with van der Waals surface area (Å²) in [5.41, 5.74) is 5.73. The molecule has 2 heteroatoms. The van der Waals surface area contributed by atoms with Crippen molar-refractivity contribution < 1.29 is 0 Å². The van der Waals surface area contributed by atoms with Crippen LogP contribution >= 0.6 is 11.8 Å². The molecule has 1 aliphatic carbocycles. The molecule has 112 valence electrons. The van der Waals surface area contributed by atoms with Gasteiger partial charge in [0, 0.05) is 17.3 Å². The van der Waals surface area contributed by atoms with Crippen LogP contribution in [0.25, 0.3) is 0 Å². The number of benzene rings is 1. The van der Waals surface area contributed by atoms with Crippen LogP contribution in [0.5, 0.6) is 0 Å². The van der Waals surface area contributed by atoms with Gasteiger partial charge in [0.15, 0.2) is 0 Å². The molecule has 0 aromatic heterocycles. The van der Waals surface area contributed by atoms with Gasteiger partial charge >= 0.3 is 0 Å². The molecule has 1 aromatic carbocycles. The lowest BCUT2D eigenvalue weighted by atomic mass is 9.94. The lowest BCUT2D eigenvalue weighted by Gasteiger charge is -2.23. The SMILES string of the molecule is CCSC1CCC(NC(C)c2c(C)cc(C)cc2C)C1. The van der Waals surface area contributed by atoms with Crippen molar-refractivity contribution in [1.82, 2.24) is 5.32 Å². The van der Waals surface area contributed by atoms with Crippen LogP contribution in [0.3, 0.4) is 0 Å². The van der Waals surface area contributed by atoms with Gasteiger partial charge in [0.25, 0.3) is 0 Å². The lowest BCUT2D eigenvalue weighted by Crippen LogP contribution is -2.30. The van der Waals surface area contributed by atoms with Gasteiger partial charge in [-0.2, -0.15) is 11.8 Å². The minimum absolute atomic E-state index is 0.464. The highest BCUT2D eigenvalue weighted by Gasteiger charge is 2.26. The van der Waals surface area contributed by atoms with Crippen molar-refractivity contribution in [3.63, 3.8) is 0 Å². The first kappa shape index (κ1) is 15.9. The van der Waals surface area contributed by atoms with Crippen LogP contribution in [0.4, 0.5) is 0 Å². The second-order valence-electron chi connectivity index (χ2n) is 6.29. The van der Waals surface area contributed by atoms with Gasteiger partial charge in [-0.05, 0) is 69.4 Å². The molecule has 3 unspecified atom stereocenters. The summed E-state index contributed by atoms with van der Waals surface area (Å²) in [7, 11) is 0. The summed E-state index contributed by atoms with van der Waals surface area (Å²) in [6.45, 7) is 11.3. The highest BCUT2D eigenvalue weighted by atomic mass is 32.2. The van der Waals surface area contributed by atoms with Crippen molar-refractivity contribution in [3.8, 4) is 0 Å². The van der Waals surface area contributed by atoms with E-state index in [2.05, 4.69) is 63.8 Å². The maximum Gasteiger partial charge on any atom is 0.0299 e. The maximum atomic E-state index is 3.87. The summed E-state index contributed by atoms with van der Waals surface area (Å²) >= 11 is 2.13. The fraction of sp³-hybridized carbons (Fsp3) is 0.667. The van der Waals surface area contributed by atoms with Crippen molar-refractivity contribution in [2.24, 2.45) is 0 Å². The first-order valence-electron chi connectivity index (χ1n) is 7.96. The molecule has 2 rings (SSSR count). The van der Waals surface area contributed by atoms with Gasteiger partial charge in [-0.25, -0.2) is 0 Å². The molecule has 3 atom stereocenters. The molecule has 1 aliphatic rings. The molecule has 0 amide bonds. The van der Waals surface area contributed by atoms with Crippen LogP contribution in [0.15, 0.2) is 12.1 Å². The van der Waals surface area contributed by atoms with Crippen LogP contribution in [0, 0.1) is 20.8 Å². The molecule has 0 spiro atoms. The van der Waals surface area contributed by atoms with Gasteiger partial charge in [0.05, 0.1) is 0 Å².